The summed E-state index contributed by atoms with van der Waals surface area (Å²) in [6, 6.07) is 7.04. The minimum atomic E-state index is -4.58. The molecule has 10 heteroatoms. The number of amides is 1. The molecule has 2 aromatic rings. The van der Waals surface area contributed by atoms with Crippen LogP contribution in [0.2, 0.25) is 0 Å². The number of rotatable bonds is 4. The molecule has 2 aliphatic rings. The zero-order valence-electron chi connectivity index (χ0n) is 15.0. The quantitative estimate of drug-likeness (QED) is 0.685. The monoisotopic (exact) mass is 488 g/mol. The van der Waals surface area contributed by atoms with Gasteiger partial charge in [0.25, 0.3) is 10.0 Å². The third kappa shape index (κ3) is 4.00. The standard InChI is InChI=1S/C19H16BrF3N2O3S/c20-15-8-12-6-7-25(18(26)11-4-5-11)16(12)10-17(15)29(27,28)24-14-3-1-2-13(9-14)19(21,22)23/h1-3,8-11,24H,4-7H2. The minimum absolute atomic E-state index is 0.00659. The Balaban J connectivity index is 1.67. The first kappa shape index (κ1) is 20.2. The van der Waals surface area contributed by atoms with Gasteiger partial charge in [0.1, 0.15) is 4.90 Å². The number of sulfonamides is 1. The van der Waals surface area contributed by atoms with Crippen LogP contribution >= 0.6 is 15.9 Å². The number of nitrogens with zero attached hydrogens (tertiary/aromatic N) is 1. The summed E-state index contributed by atoms with van der Waals surface area (Å²) in [6.07, 6.45) is -2.29. The van der Waals surface area contributed by atoms with E-state index in [1.807, 2.05) is 0 Å². The maximum absolute atomic E-state index is 12.9. The van der Waals surface area contributed by atoms with Crippen molar-refractivity contribution >= 4 is 43.2 Å². The van der Waals surface area contributed by atoms with Gasteiger partial charge in [0, 0.05) is 28.3 Å². The van der Waals surface area contributed by atoms with Crippen molar-refractivity contribution in [1.82, 2.24) is 0 Å². The SMILES string of the molecule is O=C(C1CC1)N1CCc2cc(Br)c(S(=O)(=O)Nc3cccc(C(F)(F)F)c3)cc21. The van der Waals surface area contributed by atoms with Crippen LogP contribution in [0.15, 0.2) is 45.8 Å². The van der Waals surface area contributed by atoms with Gasteiger partial charge in [-0.1, -0.05) is 6.07 Å². The molecule has 0 radical (unpaired) electrons. The van der Waals surface area contributed by atoms with Crippen molar-refractivity contribution in [2.75, 3.05) is 16.2 Å². The molecule has 1 heterocycles. The normalized spacial score (nSPS) is 16.6. The summed E-state index contributed by atoms with van der Waals surface area (Å²) in [5.41, 5.74) is 0.239. The highest BCUT2D eigenvalue weighted by atomic mass is 79.9. The lowest BCUT2D eigenvalue weighted by Crippen LogP contribution is -2.30. The van der Waals surface area contributed by atoms with Gasteiger partial charge in [0.2, 0.25) is 5.91 Å². The van der Waals surface area contributed by atoms with Gasteiger partial charge in [-0.15, -0.1) is 0 Å². The molecule has 0 bridgehead atoms. The molecule has 5 nitrogen and oxygen atoms in total. The Labute approximate surface area is 174 Å². The van der Waals surface area contributed by atoms with E-state index in [-0.39, 0.29) is 26.9 Å². The zero-order valence-corrected chi connectivity index (χ0v) is 17.4. The molecular formula is C19H16BrF3N2O3S. The second-order valence-electron chi connectivity index (χ2n) is 7.11. The molecule has 2 aromatic carbocycles. The Morgan fingerprint density at radius 1 is 1.17 bits per heavy atom. The van der Waals surface area contributed by atoms with Crippen LogP contribution in [-0.4, -0.2) is 20.9 Å². The fraction of sp³-hybridized carbons (Fsp3) is 0.316. The number of carbonyl (C=O) groups excluding carboxylic acids is 1. The summed E-state index contributed by atoms with van der Waals surface area (Å²) < 4.78 is 67.0. The number of hydrogen-bond donors (Lipinski definition) is 1. The Morgan fingerprint density at radius 3 is 2.55 bits per heavy atom. The van der Waals surface area contributed by atoms with Crippen molar-refractivity contribution in [3.05, 3.63) is 52.0 Å². The van der Waals surface area contributed by atoms with Gasteiger partial charge in [-0.25, -0.2) is 8.42 Å². The van der Waals surface area contributed by atoms with Crippen LogP contribution in [0, 0.1) is 5.92 Å². The second kappa shape index (κ2) is 7.02. The lowest BCUT2D eigenvalue weighted by Gasteiger charge is -2.19. The molecule has 1 saturated carbocycles. The largest absolute Gasteiger partial charge is 0.416 e. The Bertz CT molecular complexity index is 1100. The highest BCUT2D eigenvalue weighted by Crippen LogP contribution is 2.40. The lowest BCUT2D eigenvalue weighted by molar-refractivity contribution is -0.137. The van der Waals surface area contributed by atoms with Crippen LogP contribution in [0.1, 0.15) is 24.0 Å². The van der Waals surface area contributed by atoms with Crippen molar-refractivity contribution in [3.8, 4) is 0 Å². The number of nitrogens with one attached hydrogen (secondary N) is 1. The molecule has 1 N–H and O–H groups in total. The van der Waals surface area contributed by atoms with Gasteiger partial charge in [-0.2, -0.15) is 13.2 Å². The third-order valence-corrected chi connectivity index (χ3v) is 7.29. The summed E-state index contributed by atoms with van der Waals surface area (Å²) in [6.45, 7) is 0.488. The fourth-order valence-electron chi connectivity index (χ4n) is 3.34. The minimum Gasteiger partial charge on any atom is -0.312 e. The topological polar surface area (TPSA) is 66.5 Å². The molecule has 0 saturated heterocycles. The fourth-order valence-corrected chi connectivity index (χ4v) is 5.50. The van der Waals surface area contributed by atoms with E-state index in [0.29, 0.717) is 18.7 Å². The van der Waals surface area contributed by atoms with E-state index in [0.717, 1.165) is 36.6 Å². The Morgan fingerprint density at radius 2 is 1.90 bits per heavy atom. The summed E-state index contributed by atoms with van der Waals surface area (Å²) in [4.78, 5) is 13.9. The summed E-state index contributed by atoms with van der Waals surface area (Å²) >= 11 is 3.24. The number of carbonyl (C=O) groups is 1. The molecule has 1 aliphatic carbocycles. The zero-order chi connectivity index (χ0) is 21.0. The second-order valence-corrected chi connectivity index (χ2v) is 9.61. The van der Waals surface area contributed by atoms with Crippen LogP contribution in [0.25, 0.3) is 0 Å². The van der Waals surface area contributed by atoms with Crippen LogP contribution in [-0.2, 0) is 27.4 Å². The summed E-state index contributed by atoms with van der Waals surface area (Å²) in [5.74, 6) is -0.0202. The van der Waals surface area contributed by atoms with Gasteiger partial charge < -0.3 is 4.90 Å². The summed E-state index contributed by atoms with van der Waals surface area (Å²) in [7, 11) is -4.18. The molecule has 1 amide bonds. The number of halogens is 4. The maximum Gasteiger partial charge on any atom is 0.416 e. The number of alkyl halides is 3. The molecular weight excluding hydrogens is 473 g/mol. The highest BCUT2D eigenvalue weighted by molar-refractivity contribution is 9.10. The predicted molar refractivity (Wildman–Crippen MR) is 105 cm³/mol. The Hall–Kier alpha value is -2.07. The lowest BCUT2D eigenvalue weighted by atomic mass is 10.2. The molecule has 0 aromatic heterocycles. The molecule has 29 heavy (non-hydrogen) atoms. The van der Waals surface area contributed by atoms with E-state index in [4.69, 9.17) is 0 Å². The number of benzene rings is 2. The van der Waals surface area contributed by atoms with Crippen molar-refractivity contribution in [1.29, 1.82) is 0 Å². The first-order chi connectivity index (χ1) is 13.6. The van der Waals surface area contributed by atoms with Gasteiger partial charge in [0.15, 0.2) is 0 Å². The molecule has 154 valence electrons. The average molecular weight is 489 g/mol. The van der Waals surface area contributed by atoms with Gasteiger partial charge >= 0.3 is 6.18 Å². The number of fused-ring (bicyclic) bond motifs is 1. The summed E-state index contributed by atoms with van der Waals surface area (Å²) in [5, 5.41) is 0. The van der Waals surface area contributed by atoms with Gasteiger partial charge in [-0.05, 0) is 71.1 Å². The average Bonchev–Trinajstić information content (AvgIpc) is 3.40. The Kier molecular flexibility index (Phi) is 4.89. The van der Waals surface area contributed by atoms with Crippen molar-refractivity contribution < 1.29 is 26.4 Å². The first-order valence-electron chi connectivity index (χ1n) is 8.90. The van der Waals surface area contributed by atoms with E-state index < -0.39 is 21.8 Å². The predicted octanol–water partition coefficient (Wildman–Crippen LogP) is 4.57. The van der Waals surface area contributed by atoms with E-state index in [1.54, 1.807) is 11.0 Å². The smallest absolute Gasteiger partial charge is 0.312 e. The van der Waals surface area contributed by atoms with Crippen molar-refractivity contribution in [3.63, 3.8) is 0 Å². The molecule has 0 atom stereocenters. The van der Waals surface area contributed by atoms with Crippen molar-refractivity contribution in [2.24, 2.45) is 5.92 Å². The van der Waals surface area contributed by atoms with E-state index in [1.165, 1.54) is 12.1 Å². The van der Waals surface area contributed by atoms with Crippen molar-refractivity contribution in [2.45, 2.75) is 30.3 Å². The highest BCUT2D eigenvalue weighted by Gasteiger charge is 2.37. The molecule has 1 fully saturated rings. The molecule has 0 unspecified atom stereocenters. The van der Waals surface area contributed by atoms with Gasteiger partial charge in [0.05, 0.1) is 5.56 Å². The van der Waals surface area contributed by atoms with E-state index >= 15 is 0 Å². The maximum atomic E-state index is 12.9. The number of hydrogen-bond acceptors (Lipinski definition) is 3. The van der Waals surface area contributed by atoms with Crippen LogP contribution in [0.5, 0.6) is 0 Å². The molecule has 1 aliphatic heterocycles. The molecule has 4 rings (SSSR count). The first-order valence-corrected chi connectivity index (χ1v) is 11.2. The van der Waals surface area contributed by atoms with E-state index in [2.05, 4.69) is 20.7 Å². The van der Waals surface area contributed by atoms with Crippen LogP contribution in [0.4, 0.5) is 24.5 Å². The van der Waals surface area contributed by atoms with E-state index in [9.17, 15) is 26.4 Å². The molecule has 0 spiro atoms. The van der Waals surface area contributed by atoms with Crippen LogP contribution in [0.3, 0.4) is 0 Å². The number of anilines is 2. The third-order valence-electron chi connectivity index (χ3n) is 4.95. The van der Waals surface area contributed by atoms with Crippen LogP contribution < -0.4 is 9.62 Å². The van der Waals surface area contributed by atoms with Gasteiger partial charge in [-0.3, -0.25) is 9.52 Å².